The fraction of sp³-hybridized carbons (Fsp3) is 0.538. The summed E-state index contributed by atoms with van der Waals surface area (Å²) in [5.41, 5.74) is 8.76. The molecule has 26 heavy (non-hydrogen) atoms. The van der Waals surface area contributed by atoms with E-state index in [1.54, 1.807) is 0 Å². The van der Waals surface area contributed by atoms with Gasteiger partial charge in [0.25, 0.3) is 0 Å². The van der Waals surface area contributed by atoms with E-state index in [2.05, 4.69) is 98.7 Å². The molecule has 0 aliphatic carbocycles. The molecule has 0 spiro atoms. The van der Waals surface area contributed by atoms with Crippen molar-refractivity contribution >= 4 is 0 Å². The summed E-state index contributed by atoms with van der Waals surface area (Å²) in [6.07, 6.45) is 2.44. The van der Waals surface area contributed by atoms with Crippen molar-refractivity contribution in [2.45, 2.75) is 92.9 Å². The van der Waals surface area contributed by atoms with Gasteiger partial charge in [-0.2, -0.15) is 0 Å². The maximum atomic E-state index is 2.33. The van der Waals surface area contributed by atoms with Crippen molar-refractivity contribution in [1.82, 2.24) is 0 Å². The molecule has 0 aliphatic heterocycles. The van der Waals surface area contributed by atoms with E-state index in [-0.39, 0.29) is 0 Å². The normalized spacial score (nSPS) is 11.1. The summed E-state index contributed by atoms with van der Waals surface area (Å²) in [6.45, 7) is 20.1. The Morgan fingerprint density at radius 3 is 1.54 bits per heavy atom. The predicted octanol–water partition coefficient (Wildman–Crippen LogP) is 8.31. The Morgan fingerprint density at radius 1 is 0.654 bits per heavy atom. The van der Waals surface area contributed by atoms with Gasteiger partial charge < -0.3 is 0 Å². The molecule has 0 saturated carbocycles. The van der Waals surface area contributed by atoms with Crippen LogP contribution in [0.1, 0.15) is 106 Å². The first-order valence-corrected chi connectivity index (χ1v) is 10.4. The Bertz CT molecular complexity index is 674. The molecule has 0 fully saturated rings. The first-order valence-electron chi connectivity index (χ1n) is 10.4. The Labute approximate surface area is 163 Å². The van der Waals surface area contributed by atoms with E-state index in [1.807, 2.05) is 0 Å². The molecule has 2 aromatic carbocycles. The molecule has 0 radical (unpaired) electrons. The van der Waals surface area contributed by atoms with Crippen molar-refractivity contribution in [1.29, 1.82) is 0 Å². The summed E-state index contributed by atoms with van der Waals surface area (Å²) in [6, 6.07) is 13.7. The van der Waals surface area contributed by atoms with Gasteiger partial charge in [-0.25, -0.2) is 0 Å². The SMILES string of the molecule is CCCc1ccc(C(C)C)c(C)c1.Cc1cc(C(C)C)ccc1C(C)C. The van der Waals surface area contributed by atoms with Crippen LogP contribution in [-0.2, 0) is 6.42 Å². The third-order valence-corrected chi connectivity index (χ3v) is 5.08. The van der Waals surface area contributed by atoms with Crippen molar-refractivity contribution in [3.63, 3.8) is 0 Å². The van der Waals surface area contributed by atoms with Crippen LogP contribution in [0.5, 0.6) is 0 Å². The third-order valence-electron chi connectivity index (χ3n) is 5.08. The second kappa shape index (κ2) is 10.6. The summed E-state index contributed by atoms with van der Waals surface area (Å²) in [4.78, 5) is 0. The van der Waals surface area contributed by atoms with Crippen LogP contribution in [0.25, 0.3) is 0 Å². The number of hydrogen-bond acceptors (Lipinski definition) is 0. The maximum Gasteiger partial charge on any atom is -0.0216 e. The van der Waals surface area contributed by atoms with E-state index >= 15 is 0 Å². The van der Waals surface area contributed by atoms with E-state index in [4.69, 9.17) is 0 Å². The number of benzene rings is 2. The van der Waals surface area contributed by atoms with Crippen molar-refractivity contribution in [3.05, 3.63) is 69.8 Å². The van der Waals surface area contributed by atoms with Crippen molar-refractivity contribution in [2.75, 3.05) is 0 Å². The predicted molar refractivity (Wildman–Crippen MR) is 119 cm³/mol. The highest BCUT2D eigenvalue weighted by Gasteiger charge is 2.05. The molecule has 0 heterocycles. The highest BCUT2D eigenvalue weighted by atomic mass is 14.1. The summed E-state index contributed by atoms with van der Waals surface area (Å²) in [5, 5.41) is 0. The Kier molecular flexibility index (Phi) is 9.13. The molecule has 0 amide bonds. The van der Waals surface area contributed by atoms with Gasteiger partial charge in [0.1, 0.15) is 0 Å². The summed E-state index contributed by atoms with van der Waals surface area (Å²) < 4.78 is 0. The lowest BCUT2D eigenvalue weighted by Gasteiger charge is -2.13. The van der Waals surface area contributed by atoms with Crippen LogP contribution in [0.15, 0.2) is 36.4 Å². The smallest absolute Gasteiger partial charge is 0.0216 e. The molecule has 144 valence electrons. The maximum absolute atomic E-state index is 2.33. The molecule has 0 aromatic heterocycles. The molecule has 0 unspecified atom stereocenters. The number of aryl methyl sites for hydroxylation is 3. The van der Waals surface area contributed by atoms with E-state index in [0.29, 0.717) is 17.8 Å². The lowest BCUT2D eigenvalue weighted by Crippen LogP contribution is -1.95. The lowest BCUT2D eigenvalue weighted by molar-refractivity contribution is 0.835. The van der Waals surface area contributed by atoms with E-state index in [9.17, 15) is 0 Å². The molecule has 2 rings (SSSR count). The average Bonchev–Trinajstić information content (AvgIpc) is 2.55. The molecule has 0 saturated heterocycles. The summed E-state index contributed by atoms with van der Waals surface area (Å²) >= 11 is 0. The van der Waals surface area contributed by atoms with Crippen molar-refractivity contribution in [2.24, 2.45) is 0 Å². The van der Waals surface area contributed by atoms with Gasteiger partial charge in [0.15, 0.2) is 0 Å². The van der Waals surface area contributed by atoms with Crippen LogP contribution in [0, 0.1) is 13.8 Å². The number of hydrogen-bond donors (Lipinski definition) is 0. The zero-order chi connectivity index (χ0) is 19.9. The van der Waals surface area contributed by atoms with Crippen molar-refractivity contribution < 1.29 is 0 Å². The highest BCUT2D eigenvalue weighted by molar-refractivity contribution is 5.34. The standard InChI is InChI=1S/2C13H20/c1-9(2)12-6-7-13(10(3)4)11(5)8-12;1-5-6-12-7-8-13(10(2)3)11(4)9-12/h6-10H,1-5H3;7-10H,5-6H2,1-4H3. The molecular formula is C26H40. The summed E-state index contributed by atoms with van der Waals surface area (Å²) in [5.74, 6) is 1.93. The molecule has 0 bridgehead atoms. The Balaban J connectivity index is 0.000000260. The minimum Gasteiger partial charge on any atom is -0.0651 e. The zero-order valence-electron chi connectivity index (χ0n) is 18.6. The molecule has 0 N–H and O–H groups in total. The molecule has 0 aliphatic rings. The molecular weight excluding hydrogens is 312 g/mol. The highest BCUT2D eigenvalue weighted by Crippen LogP contribution is 2.23. The van der Waals surface area contributed by atoms with Gasteiger partial charge in [-0.15, -0.1) is 0 Å². The van der Waals surface area contributed by atoms with Gasteiger partial charge in [-0.3, -0.25) is 0 Å². The van der Waals surface area contributed by atoms with Crippen LogP contribution in [-0.4, -0.2) is 0 Å². The van der Waals surface area contributed by atoms with Gasteiger partial charge in [0.2, 0.25) is 0 Å². The molecule has 0 heteroatoms. The minimum absolute atomic E-state index is 0.639. The van der Waals surface area contributed by atoms with Crippen LogP contribution < -0.4 is 0 Å². The average molecular weight is 353 g/mol. The Hall–Kier alpha value is -1.56. The lowest BCUT2D eigenvalue weighted by atomic mass is 9.93. The van der Waals surface area contributed by atoms with E-state index in [1.165, 1.54) is 46.2 Å². The van der Waals surface area contributed by atoms with Crippen LogP contribution in [0.4, 0.5) is 0 Å². The first-order chi connectivity index (χ1) is 12.2. The van der Waals surface area contributed by atoms with E-state index in [0.717, 1.165) is 0 Å². The molecule has 2 aromatic rings. The van der Waals surface area contributed by atoms with Gasteiger partial charge in [0.05, 0.1) is 0 Å². The van der Waals surface area contributed by atoms with Crippen LogP contribution in [0.2, 0.25) is 0 Å². The van der Waals surface area contributed by atoms with Crippen molar-refractivity contribution in [3.8, 4) is 0 Å². The van der Waals surface area contributed by atoms with Gasteiger partial charge >= 0.3 is 0 Å². The van der Waals surface area contributed by atoms with Crippen LogP contribution >= 0.6 is 0 Å². The fourth-order valence-corrected chi connectivity index (χ4v) is 3.54. The number of rotatable bonds is 5. The minimum atomic E-state index is 0.639. The topological polar surface area (TPSA) is 0 Å². The van der Waals surface area contributed by atoms with Crippen LogP contribution in [0.3, 0.4) is 0 Å². The first kappa shape index (κ1) is 22.5. The monoisotopic (exact) mass is 352 g/mol. The van der Waals surface area contributed by atoms with Gasteiger partial charge in [0, 0.05) is 0 Å². The largest absolute Gasteiger partial charge is 0.0651 e. The molecule has 0 nitrogen and oxygen atoms in total. The second-order valence-electron chi connectivity index (χ2n) is 8.52. The molecule has 0 atom stereocenters. The van der Waals surface area contributed by atoms with Gasteiger partial charge in [-0.1, -0.05) is 91.3 Å². The second-order valence-corrected chi connectivity index (χ2v) is 8.52. The zero-order valence-corrected chi connectivity index (χ0v) is 18.6. The summed E-state index contributed by atoms with van der Waals surface area (Å²) in [7, 11) is 0. The quantitative estimate of drug-likeness (QED) is 0.507. The van der Waals surface area contributed by atoms with Gasteiger partial charge in [-0.05, 0) is 71.4 Å². The third kappa shape index (κ3) is 6.63. The van der Waals surface area contributed by atoms with E-state index < -0.39 is 0 Å². The fourth-order valence-electron chi connectivity index (χ4n) is 3.54. The Morgan fingerprint density at radius 2 is 1.15 bits per heavy atom.